The summed E-state index contributed by atoms with van der Waals surface area (Å²) in [6.45, 7) is 2.58. The molecular weight excluding hydrogens is 351 g/mol. The smallest absolute Gasteiger partial charge is 0.315 e. The summed E-state index contributed by atoms with van der Waals surface area (Å²) in [7, 11) is 0. The van der Waals surface area contributed by atoms with Gasteiger partial charge in [0.2, 0.25) is 0 Å². The van der Waals surface area contributed by atoms with Crippen molar-refractivity contribution in [2.24, 2.45) is 0 Å². The second-order valence-corrected chi connectivity index (χ2v) is 6.10. The summed E-state index contributed by atoms with van der Waals surface area (Å²) in [6, 6.07) is 11.3. The predicted octanol–water partition coefficient (Wildman–Crippen LogP) is 3.26. The highest BCUT2D eigenvalue weighted by Gasteiger charge is 2.11. The Kier molecular flexibility index (Phi) is 6.73. The van der Waals surface area contributed by atoms with Crippen molar-refractivity contribution in [1.29, 1.82) is 0 Å². The molecule has 0 spiro atoms. The van der Waals surface area contributed by atoms with E-state index in [1.54, 1.807) is 12.1 Å². The molecule has 144 valence electrons. The number of nitrogens with one attached hydrogen (secondary N) is 2. The van der Waals surface area contributed by atoms with Gasteiger partial charge in [-0.1, -0.05) is 6.07 Å². The summed E-state index contributed by atoms with van der Waals surface area (Å²) in [4.78, 5) is 11.8. The van der Waals surface area contributed by atoms with Crippen molar-refractivity contribution >= 4 is 6.03 Å². The third-order valence-electron chi connectivity index (χ3n) is 4.00. The molecule has 1 aliphatic heterocycles. The lowest BCUT2D eigenvalue weighted by molar-refractivity contribution is 0.171. The maximum Gasteiger partial charge on any atom is 0.315 e. The predicted molar refractivity (Wildman–Crippen MR) is 98.8 cm³/mol. The summed E-state index contributed by atoms with van der Waals surface area (Å²) >= 11 is 0. The van der Waals surface area contributed by atoms with Gasteiger partial charge >= 0.3 is 6.03 Å². The number of carbonyl (C=O) groups is 1. The van der Waals surface area contributed by atoms with Crippen molar-refractivity contribution in [3.8, 4) is 17.2 Å². The molecule has 1 aliphatic rings. The van der Waals surface area contributed by atoms with E-state index in [-0.39, 0.29) is 11.8 Å². The number of ether oxygens (including phenoxy) is 3. The van der Waals surface area contributed by atoms with Crippen LogP contribution in [0.3, 0.4) is 0 Å². The Balaban J connectivity index is 1.27. The summed E-state index contributed by atoms with van der Waals surface area (Å²) < 4.78 is 29.3. The highest BCUT2D eigenvalue weighted by molar-refractivity contribution is 5.73. The largest absolute Gasteiger partial charge is 0.494 e. The van der Waals surface area contributed by atoms with Gasteiger partial charge in [-0.3, -0.25) is 0 Å². The summed E-state index contributed by atoms with van der Waals surface area (Å²) in [5, 5.41) is 5.62. The molecule has 2 amide bonds. The molecule has 1 heterocycles. The van der Waals surface area contributed by atoms with E-state index in [1.807, 2.05) is 18.2 Å². The highest BCUT2D eigenvalue weighted by atomic mass is 19.1. The van der Waals surface area contributed by atoms with Gasteiger partial charge in [-0.05, 0) is 54.8 Å². The molecule has 0 radical (unpaired) electrons. The number of halogens is 1. The van der Waals surface area contributed by atoms with Crippen molar-refractivity contribution in [2.75, 3.05) is 26.4 Å². The number of hydrogen-bond acceptors (Lipinski definition) is 4. The van der Waals surface area contributed by atoms with Crippen molar-refractivity contribution in [3.63, 3.8) is 0 Å². The lowest BCUT2D eigenvalue weighted by Crippen LogP contribution is -2.35. The van der Waals surface area contributed by atoms with E-state index in [1.165, 1.54) is 12.1 Å². The van der Waals surface area contributed by atoms with Crippen molar-refractivity contribution < 1.29 is 23.4 Å². The fourth-order valence-corrected chi connectivity index (χ4v) is 2.59. The summed E-state index contributed by atoms with van der Waals surface area (Å²) in [5.74, 6) is 1.80. The summed E-state index contributed by atoms with van der Waals surface area (Å²) in [5.41, 5.74) is 0.946. The molecule has 6 nitrogen and oxygen atoms in total. The van der Waals surface area contributed by atoms with Crippen LogP contribution in [-0.2, 0) is 6.54 Å². The molecule has 0 unspecified atom stereocenters. The Morgan fingerprint density at radius 3 is 2.59 bits per heavy atom. The average molecular weight is 374 g/mol. The molecule has 0 saturated heterocycles. The van der Waals surface area contributed by atoms with Gasteiger partial charge in [0.25, 0.3) is 0 Å². The number of amides is 2. The second-order valence-electron chi connectivity index (χ2n) is 6.10. The topological polar surface area (TPSA) is 68.8 Å². The lowest BCUT2D eigenvalue weighted by atomic mass is 10.2. The SMILES string of the molecule is O=C(NCCCCOc1ccc(F)cc1)NCc1ccc2c(c1)OCCO2. The minimum atomic E-state index is -0.284. The highest BCUT2D eigenvalue weighted by Crippen LogP contribution is 2.30. The van der Waals surface area contributed by atoms with E-state index >= 15 is 0 Å². The van der Waals surface area contributed by atoms with Crippen LogP contribution in [0.1, 0.15) is 18.4 Å². The van der Waals surface area contributed by atoms with Gasteiger partial charge in [0.05, 0.1) is 6.61 Å². The van der Waals surface area contributed by atoms with E-state index in [0.717, 1.165) is 24.2 Å². The van der Waals surface area contributed by atoms with Crippen LogP contribution < -0.4 is 24.8 Å². The van der Waals surface area contributed by atoms with Gasteiger partial charge in [0.1, 0.15) is 24.8 Å². The molecule has 27 heavy (non-hydrogen) atoms. The molecule has 2 N–H and O–H groups in total. The standard InChI is InChI=1S/C20H23FN2O4/c21-16-4-6-17(7-5-16)25-10-2-1-9-22-20(24)23-14-15-3-8-18-19(13-15)27-12-11-26-18/h3-8,13H,1-2,9-12,14H2,(H2,22,23,24). The second kappa shape index (κ2) is 9.66. The molecule has 0 aromatic heterocycles. The van der Waals surface area contributed by atoms with Crippen molar-refractivity contribution in [2.45, 2.75) is 19.4 Å². The van der Waals surface area contributed by atoms with E-state index in [0.29, 0.717) is 44.4 Å². The fraction of sp³-hybridized carbons (Fsp3) is 0.350. The molecule has 2 aromatic carbocycles. The van der Waals surface area contributed by atoms with Gasteiger partial charge in [-0.15, -0.1) is 0 Å². The van der Waals surface area contributed by atoms with Gasteiger partial charge in [0.15, 0.2) is 11.5 Å². The van der Waals surface area contributed by atoms with Gasteiger partial charge in [-0.25, -0.2) is 9.18 Å². The third-order valence-corrected chi connectivity index (χ3v) is 4.00. The summed E-state index contributed by atoms with van der Waals surface area (Å²) in [6.07, 6.45) is 1.58. The Bertz CT molecular complexity index is 752. The molecule has 0 atom stereocenters. The first-order chi connectivity index (χ1) is 13.2. The van der Waals surface area contributed by atoms with Gasteiger partial charge in [0, 0.05) is 13.1 Å². The van der Waals surface area contributed by atoms with Crippen LogP contribution in [0.15, 0.2) is 42.5 Å². The Hall–Kier alpha value is -2.96. The molecule has 3 rings (SSSR count). The van der Waals surface area contributed by atoms with E-state index in [4.69, 9.17) is 14.2 Å². The fourth-order valence-electron chi connectivity index (χ4n) is 2.59. The van der Waals surface area contributed by atoms with E-state index in [2.05, 4.69) is 10.6 Å². The molecular formula is C20H23FN2O4. The maximum atomic E-state index is 12.8. The molecule has 7 heteroatoms. The quantitative estimate of drug-likeness (QED) is 0.696. The Morgan fingerprint density at radius 2 is 1.78 bits per heavy atom. The number of unbranched alkanes of at least 4 members (excludes halogenated alkanes) is 1. The van der Waals surface area contributed by atoms with Crippen LogP contribution >= 0.6 is 0 Å². The number of fused-ring (bicyclic) bond motifs is 1. The van der Waals surface area contributed by atoms with Crippen LogP contribution in [0.5, 0.6) is 17.2 Å². The molecule has 0 bridgehead atoms. The number of carbonyl (C=O) groups excluding carboxylic acids is 1. The minimum absolute atomic E-state index is 0.218. The zero-order valence-corrected chi connectivity index (χ0v) is 15.0. The first kappa shape index (κ1) is 18.8. The molecule has 0 aliphatic carbocycles. The van der Waals surface area contributed by atoms with Crippen molar-refractivity contribution in [3.05, 3.63) is 53.8 Å². The monoisotopic (exact) mass is 374 g/mol. The van der Waals surface area contributed by atoms with Gasteiger partial charge in [-0.2, -0.15) is 0 Å². The Labute approximate surface area is 157 Å². The van der Waals surface area contributed by atoms with Crippen LogP contribution in [-0.4, -0.2) is 32.4 Å². The zero-order chi connectivity index (χ0) is 18.9. The van der Waals surface area contributed by atoms with E-state index < -0.39 is 0 Å². The molecule has 0 saturated carbocycles. The van der Waals surface area contributed by atoms with Crippen molar-refractivity contribution in [1.82, 2.24) is 10.6 Å². The zero-order valence-electron chi connectivity index (χ0n) is 15.0. The number of urea groups is 1. The first-order valence-electron chi connectivity index (χ1n) is 8.99. The van der Waals surface area contributed by atoms with Crippen LogP contribution in [0, 0.1) is 5.82 Å². The first-order valence-corrected chi connectivity index (χ1v) is 8.99. The third kappa shape index (κ3) is 6.06. The van der Waals surface area contributed by atoms with Gasteiger partial charge < -0.3 is 24.8 Å². The number of hydrogen-bond donors (Lipinski definition) is 2. The average Bonchev–Trinajstić information content (AvgIpc) is 2.70. The van der Waals surface area contributed by atoms with E-state index in [9.17, 15) is 9.18 Å². The normalized spacial score (nSPS) is 12.3. The van der Waals surface area contributed by atoms with Crippen LogP contribution in [0.4, 0.5) is 9.18 Å². The minimum Gasteiger partial charge on any atom is -0.494 e. The van der Waals surface area contributed by atoms with Crippen LogP contribution in [0.2, 0.25) is 0 Å². The number of rotatable bonds is 8. The maximum absolute atomic E-state index is 12.8. The van der Waals surface area contributed by atoms with Crippen LogP contribution in [0.25, 0.3) is 0 Å². The Morgan fingerprint density at radius 1 is 1.00 bits per heavy atom. The number of benzene rings is 2. The molecule has 0 fully saturated rings. The lowest BCUT2D eigenvalue weighted by Gasteiger charge is -2.19. The molecule has 2 aromatic rings.